The van der Waals surface area contributed by atoms with Gasteiger partial charge >= 0.3 is 120 Å². The molecule has 0 saturated carbocycles. The molecule has 1 atom stereocenters. The molecule has 1 aromatic heterocycles. The number of alkyl halides is 3. The fourth-order valence-electron chi connectivity index (χ4n) is 1.99. The molecule has 2 heterocycles. The number of nitrogens with two attached hydrogens (primary N) is 1. The second-order valence-corrected chi connectivity index (χ2v) is 4.98. The molecule has 0 aromatic carbocycles. The Bertz CT molecular complexity index is 529. The van der Waals surface area contributed by atoms with Gasteiger partial charge in [-0.15, -0.1) is 0 Å². The topological polar surface area (TPSA) is 77.0 Å². The van der Waals surface area contributed by atoms with Gasteiger partial charge in [-0.3, -0.25) is 0 Å². The molecule has 20 heavy (non-hydrogen) atoms. The van der Waals surface area contributed by atoms with E-state index in [0.717, 1.165) is 4.57 Å². The maximum absolute atomic E-state index is 12.7. The zero-order valence-corrected chi connectivity index (χ0v) is 12.0. The van der Waals surface area contributed by atoms with E-state index in [-0.39, 0.29) is 43.8 Å². The summed E-state index contributed by atoms with van der Waals surface area (Å²) in [4.78, 5) is 15.1. The molecular formula is C10H13AlF3N5O. The van der Waals surface area contributed by atoms with E-state index >= 15 is 0 Å². The molecule has 2 N–H and O–H groups in total. The summed E-state index contributed by atoms with van der Waals surface area (Å²) in [5.74, 6) is -1.06. The minimum absolute atomic E-state index is 0.0284. The Balaban J connectivity index is 2.11. The van der Waals surface area contributed by atoms with Crippen LogP contribution in [0, 0.1) is 0 Å². The van der Waals surface area contributed by atoms with Crippen LogP contribution >= 0.6 is 0 Å². The third-order valence-corrected chi connectivity index (χ3v) is 3.68. The van der Waals surface area contributed by atoms with Gasteiger partial charge < -0.3 is 0 Å². The van der Waals surface area contributed by atoms with Gasteiger partial charge in [0.25, 0.3) is 0 Å². The number of amides is 1. The van der Waals surface area contributed by atoms with E-state index in [1.807, 2.05) is 0 Å². The van der Waals surface area contributed by atoms with Crippen molar-refractivity contribution in [2.75, 3.05) is 6.54 Å². The van der Waals surface area contributed by atoms with E-state index in [4.69, 9.17) is 5.73 Å². The predicted molar refractivity (Wildman–Crippen MR) is 66.2 cm³/mol. The molecule has 10 heteroatoms. The van der Waals surface area contributed by atoms with Crippen molar-refractivity contribution < 1.29 is 18.0 Å². The van der Waals surface area contributed by atoms with E-state index in [0.29, 0.717) is 0 Å². The van der Waals surface area contributed by atoms with Crippen LogP contribution in [0.3, 0.4) is 0 Å². The molecule has 2 rings (SSSR count). The number of aromatic nitrogens is 3. The number of carbonyl (C=O) groups excluding carboxylic acids is 1. The number of fused-ring (bicyclic) bond motifs is 1. The number of hydrogen-bond donors (Lipinski definition) is 1. The number of hydrogen-bond acceptors (Lipinski definition) is 4. The first-order chi connectivity index (χ1) is 9.32. The van der Waals surface area contributed by atoms with Gasteiger partial charge in [0.15, 0.2) is 0 Å². The summed E-state index contributed by atoms with van der Waals surface area (Å²) in [6.07, 6.45) is -4.39. The van der Waals surface area contributed by atoms with E-state index in [2.05, 4.69) is 10.2 Å². The van der Waals surface area contributed by atoms with Gasteiger partial charge in [0.05, 0.1) is 0 Å². The second kappa shape index (κ2) is 5.63. The molecule has 0 fully saturated rings. The van der Waals surface area contributed by atoms with Gasteiger partial charge in [-0.25, -0.2) is 0 Å². The third kappa shape index (κ3) is 3.08. The maximum atomic E-state index is 12.7. The van der Waals surface area contributed by atoms with Crippen LogP contribution in [0.25, 0.3) is 0 Å². The number of carbonyl (C=O) groups is 1. The van der Waals surface area contributed by atoms with Crippen LogP contribution in [-0.2, 0) is 24.1 Å². The van der Waals surface area contributed by atoms with Crippen LogP contribution in [0.5, 0.6) is 0 Å². The Morgan fingerprint density at radius 2 is 2.15 bits per heavy atom. The van der Waals surface area contributed by atoms with Crippen molar-refractivity contribution in [3.05, 3.63) is 11.6 Å². The molecule has 1 aliphatic heterocycles. The van der Waals surface area contributed by atoms with Gasteiger partial charge in [-0.05, 0) is 0 Å². The molecule has 1 aliphatic rings. The number of halogens is 3. The van der Waals surface area contributed by atoms with Crippen LogP contribution in [0.4, 0.5) is 13.2 Å². The summed E-state index contributed by atoms with van der Waals surface area (Å²) in [6, 6.07) is -0.341. The zero-order chi connectivity index (χ0) is 14.9. The Morgan fingerprint density at radius 3 is 2.75 bits per heavy atom. The molecule has 1 amide bonds. The average Bonchev–Trinajstić information content (AvgIpc) is 2.80. The second-order valence-electron chi connectivity index (χ2n) is 4.51. The molecular weight excluding hydrogens is 290 g/mol. The standard InChI is InChI=1S/C10H12F3N5O.Al.H/c1-6(14)4-8(19)17-2-3-18-7(5-17)15-16-9(18)10(11,12)13;;/h1,6H,2-5,14H2;;/t6-;;/m1../s1. The van der Waals surface area contributed by atoms with Crippen molar-refractivity contribution in [2.24, 2.45) is 5.73 Å². The van der Waals surface area contributed by atoms with Gasteiger partial charge in [-0.1, -0.05) is 0 Å². The van der Waals surface area contributed by atoms with Crippen molar-refractivity contribution in [1.29, 1.82) is 0 Å². The minimum atomic E-state index is -4.53. The van der Waals surface area contributed by atoms with Crippen molar-refractivity contribution in [2.45, 2.75) is 31.7 Å². The monoisotopic (exact) mass is 303 g/mol. The molecule has 6 nitrogen and oxygen atoms in total. The average molecular weight is 303 g/mol. The Hall–Kier alpha value is -1.24. The summed E-state index contributed by atoms with van der Waals surface area (Å²) in [5, 5.41) is 6.68. The van der Waals surface area contributed by atoms with Gasteiger partial charge in [0.1, 0.15) is 0 Å². The molecule has 108 valence electrons. The Labute approximate surface area is 120 Å². The molecule has 0 unspecified atom stereocenters. The van der Waals surface area contributed by atoms with Crippen LogP contribution < -0.4 is 5.73 Å². The normalized spacial score (nSPS) is 16.6. The van der Waals surface area contributed by atoms with Crippen LogP contribution in [0.15, 0.2) is 0 Å². The molecule has 0 spiro atoms. The first-order valence-electron chi connectivity index (χ1n) is 5.98. The SMILES string of the molecule is N[C@H]([CH]=[AlH])CC(=O)N1CCn2c(nnc2C(F)(F)F)C1. The fourth-order valence-corrected chi connectivity index (χ4v) is 2.16. The van der Waals surface area contributed by atoms with Crippen molar-refractivity contribution >= 4 is 26.6 Å². The summed E-state index contributed by atoms with van der Waals surface area (Å²) >= 11 is 1.56. The van der Waals surface area contributed by atoms with Crippen molar-refractivity contribution in [3.8, 4) is 0 Å². The zero-order valence-electron chi connectivity index (χ0n) is 10.6. The van der Waals surface area contributed by atoms with Crippen LogP contribution in [0.2, 0.25) is 0 Å². The molecule has 0 saturated heterocycles. The summed E-state index contributed by atoms with van der Waals surface area (Å²) in [7, 11) is 0. The van der Waals surface area contributed by atoms with Crippen molar-refractivity contribution in [1.82, 2.24) is 19.7 Å². The molecule has 0 aliphatic carbocycles. The molecule has 0 radical (unpaired) electrons. The van der Waals surface area contributed by atoms with E-state index < -0.39 is 12.0 Å². The fraction of sp³-hybridized carbons (Fsp3) is 0.600. The first-order valence-corrected chi connectivity index (χ1v) is 6.79. The summed E-state index contributed by atoms with van der Waals surface area (Å²) in [6.45, 7) is 0.266. The predicted octanol–water partition coefficient (Wildman–Crippen LogP) is -0.941. The van der Waals surface area contributed by atoms with Gasteiger partial charge in [-0.2, -0.15) is 0 Å². The van der Waals surface area contributed by atoms with Crippen molar-refractivity contribution in [3.63, 3.8) is 0 Å². The van der Waals surface area contributed by atoms with Crippen LogP contribution in [0.1, 0.15) is 18.1 Å². The Kier molecular flexibility index (Phi) is 4.27. The molecule has 1 aromatic rings. The van der Waals surface area contributed by atoms with Crippen LogP contribution in [-0.4, -0.2) is 58.9 Å². The van der Waals surface area contributed by atoms with E-state index in [1.165, 1.54) is 4.90 Å². The summed E-state index contributed by atoms with van der Waals surface area (Å²) in [5.41, 5.74) is 5.66. The van der Waals surface area contributed by atoms with E-state index in [1.54, 1.807) is 20.7 Å². The van der Waals surface area contributed by atoms with Gasteiger partial charge in [0, 0.05) is 0 Å². The van der Waals surface area contributed by atoms with E-state index in [9.17, 15) is 18.0 Å². The number of rotatable bonds is 3. The molecule has 0 bridgehead atoms. The first kappa shape index (κ1) is 15.2. The quantitative estimate of drug-likeness (QED) is 0.731. The van der Waals surface area contributed by atoms with Gasteiger partial charge in [0.2, 0.25) is 0 Å². The third-order valence-electron chi connectivity index (χ3n) is 3.07. The summed E-state index contributed by atoms with van der Waals surface area (Å²) < 4.78 is 39.0. The number of nitrogens with zero attached hydrogens (tertiary/aromatic N) is 4. The Morgan fingerprint density at radius 1 is 1.45 bits per heavy atom.